The van der Waals surface area contributed by atoms with Crippen LogP contribution in [0.5, 0.6) is 0 Å². The van der Waals surface area contributed by atoms with Crippen LogP contribution >= 0.6 is 11.6 Å². The van der Waals surface area contributed by atoms with Gasteiger partial charge in [-0.25, -0.2) is 8.42 Å². The third kappa shape index (κ3) is 3.83. The fourth-order valence-electron chi connectivity index (χ4n) is 2.14. The van der Waals surface area contributed by atoms with Gasteiger partial charge in [-0.05, 0) is 11.1 Å². The van der Waals surface area contributed by atoms with Crippen molar-refractivity contribution in [3.63, 3.8) is 0 Å². The first-order valence-electron chi connectivity index (χ1n) is 6.37. The van der Waals surface area contributed by atoms with Crippen molar-refractivity contribution in [1.29, 1.82) is 0 Å². The molecule has 0 aromatic heterocycles. The van der Waals surface area contributed by atoms with E-state index in [0.29, 0.717) is 5.56 Å². The van der Waals surface area contributed by atoms with Crippen LogP contribution < -0.4 is 10.5 Å². The molecule has 0 unspecified atom stereocenters. The van der Waals surface area contributed by atoms with Crippen LogP contribution in [-0.4, -0.2) is 14.7 Å². The first kappa shape index (κ1) is 16.0. The molecule has 6 heteroatoms. The van der Waals surface area contributed by atoms with Crippen LogP contribution in [0.1, 0.15) is 17.2 Å². The molecular weight excluding hydrogens is 308 g/mol. The fourth-order valence-corrected chi connectivity index (χ4v) is 3.60. The number of halogens is 1. The van der Waals surface area contributed by atoms with Gasteiger partial charge in [-0.2, -0.15) is 4.72 Å². The molecule has 0 heterocycles. The molecule has 0 saturated heterocycles. The number of sulfonamides is 1. The van der Waals surface area contributed by atoms with Crippen molar-refractivity contribution in [3.05, 3.63) is 71.8 Å². The zero-order valence-corrected chi connectivity index (χ0v) is 13.1. The van der Waals surface area contributed by atoms with Gasteiger partial charge in [0.2, 0.25) is 10.0 Å². The molecule has 0 bridgehead atoms. The van der Waals surface area contributed by atoms with Crippen LogP contribution in [0.3, 0.4) is 0 Å². The van der Waals surface area contributed by atoms with Gasteiger partial charge in [0.25, 0.3) is 0 Å². The summed E-state index contributed by atoms with van der Waals surface area (Å²) in [5, 5.41) is 0. The van der Waals surface area contributed by atoms with Gasteiger partial charge >= 0.3 is 0 Å². The predicted molar refractivity (Wildman–Crippen MR) is 85.3 cm³/mol. The Morgan fingerprint density at radius 1 is 1.05 bits per heavy atom. The van der Waals surface area contributed by atoms with E-state index in [1.165, 1.54) is 0 Å². The number of nitrogens with one attached hydrogen (secondary N) is 1. The summed E-state index contributed by atoms with van der Waals surface area (Å²) >= 11 is 6.62. The van der Waals surface area contributed by atoms with Crippen molar-refractivity contribution < 1.29 is 8.42 Å². The van der Waals surface area contributed by atoms with Crippen LogP contribution in [0.15, 0.2) is 60.7 Å². The first-order chi connectivity index (χ1) is 9.83. The zero-order valence-electron chi connectivity index (χ0n) is 11.5. The molecule has 0 aliphatic carbocycles. The SMILES string of the molecule is CS(=O)(=O)N[C@@](Cl)(c1ccccc1)[C@H](N)c1ccccc1. The maximum atomic E-state index is 11.7. The summed E-state index contributed by atoms with van der Waals surface area (Å²) in [6.45, 7) is 0. The second-order valence-electron chi connectivity index (χ2n) is 4.84. The van der Waals surface area contributed by atoms with Crippen molar-refractivity contribution >= 4 is 21.6 Å². The Morgan fingerprint density at radius 2 is 1.52 bits per heavy atom. The molecule has 0 saturated carbocycles. The van der Waals surface area contributed by atoms with Gasteiger partial charge in [0, 0.05) is 0 Å². The molecule has 2 atom stereocenters. The third-order valence-corrected chi connectivity index (χ3v) is 4.47. The standard InChI is InChI=1S/C15H17ClN2O2S/c1-21(19,20)18-15(16,13-10-6-3-7-11-13)14(17)12-8-4-2-5-9-12/h2-11,14,18H,17H2,1H3/t14-,15+/m1/s1. The number of hydrogen-bond donors (Lipinski definition) is 2. The van der Waals surface area contributed by atoms with Crippen LogP contribution in [0.25, 0.3) is 0 Å². The lowest BCUT2D eigenvalue weighted by Gasteiger charge is -2.34. The van der Waals surface area contributed by atoms with Crippen molar-refractivity contribution in [2.24, 2.45) is 5.73 Å². The average molecular weight is 325 g/mol. The maximum Gasteiger partial charge on any atom is 0.210 e. The Bertz CT molecular complexity index is 692. The summed E-state index contributed by atoms with van der Waals surface area (Å²) in [5.74, 6) is 0. The highest BCUT2D eigenvalue weighted by atomic mass is 35.5. The molecule has 0 aliphatic heterocycles. The lowest BCUT2D eigenvalue weighted by atomic mass is 9.94. The summed E-state index contributed by atoms with van der Waals surface area (Å²) < 4.78 is 25.9. The molecule has 3 N–H and O–H groups in total. The van der Waals surface area contributed by atoms with E-state index in [-0.39, 0.29) is 0 Å². The minimum absolute atomic E-state index is 0.591. The minimum Gasteiger partial charge on any atom is -0.321 e. The predicted octanol–water partition coefficient (Wildman–Crippen LogP) is 2.33. The Labute approximate surface area is 130 Å². The third-order valence-electron chi connectivity index (χ3n) is 3.12. The molecule has 112 valence electrons. The second-order valence-corrected chi connectivity index (χ2v) is 7.19. The molecule has 4 nitrogen and oxygen atoms in total. The molecule has 2 rings (SSSR count). The quantitative estimate of drug-likeness (QED) is 0.655. The van der Waals surface area contributed by atoms with Gasteiger partial charge < -0.3 is 5.73 Å². The molecule has 0 amide bonds. The lowest BCUT2D eigenvalue weighted by Crippen LogP contribution is -2.48. The Hall–Kier alpha value is -1.40. The maximum absolute atomic E-state index is 11.7. The van der Waals surface area contributed by atoms with Crippen molar-refractivity contribution in [2.45, 2.75) is 11.0 Å². The molecular formula is C15H17ClN2O2S. The van der Waals surface area contributed by atoms with Gasteiger partial charge in [-0.15, -0.1) is 0 Å². The number of hydrogen-bond acceptors (Lipinski definition) is 3. The van der Waals surface area contributed by atoms with E-state index in [2.05, 4.69) is 4.72 Å². The Morgan fingerprint density at radius 3 is 2.00 bits per heavy atom. The van der Waals surface area contributed by atoms with Crippen molar-refractivity contribution in [1.82, 2.24) is 4.72 Å². The van der Waals surface area contributed by atoms with Gasteiger partial charge in [-0.3, -0.25) is 0 Å². The van der Waals surface area contributed by atoms with E-state index >= 15 is 0 Å². The topological polar surface area (TPSA) is 72.2 Å². The molecule has 0 fully saturated rings. The van der Waals surface area contributed by atoms with E-state index in [1.807, 2.05) is 36.4 Å². The van der Waals surface area contributed by atoms with Crippen molar-refractivity contribution in [2.75, 3.05) is 6.26 Å². The van der Waals surface area contributed by atoms with Gasteiger partial charge in [0.15, 0.2) is 5.00 Å². The van der Waals surface area contributed by atoms with Gasteiger partial charge in [0.05, 0.1) is 12.3 Å². The molecule has 0 radical (unpaired) electrons. The van der Waals surface area contributed by atoms with E-state index in [9.17, 15) is 8.42 Å². The van der Waals surface area contributed by atoms with Crippen molar-refractivity contribution in [3.8, 4) is 0 Å². The lowest BCUT2D eigenvalue weighted by molar-refractivity contribution is 0.454. The minimum atomic E-state index is -3.54. The first-order valence-corrected chi connectivity index (χ1v) is 8.64. The van der Waals surface area contributed by atoms with Gasteiger partial charge in [-0.1, -0.05) is 72.3 Å². The fraction of sp³-hybridized carbons (Fsp3) is 0.200. The molecule has 0 aliphatic rings. The smallest absolute Gasteiger partial charge is 0.210 e. The summed E-state index contributed by atoms with van der Waals surface area (Å²) in [7, 11) is -3.54. The molecule has 0 spiro atoms. The van der Waals surface area contributed by atoms with Gasteiger partial charge in [0.1, 0.15) is 0 Å². The van der Waals surface area contributed by atoms with Crippen LogP contribution in [0.4, 0.5) is 0 Å². The number of benzene rings is 2. The monoisotopic (exact) mass is 324 g/mol. The van der Waals surface area contributed by atoms with E-state index in [1.54, 1.807) is 24.3 Å². The largest absolute Gasteiger partial charge is 0.321 e. The Kier molecular flexibility index (Phi) is 4.68. The van der Waals surface area contributed by atoms with E-state index < -0.39 is 21.1 Å². The molecule has 2 aromatic carbocycles. The Balaban J connectivity index is 2.51. The zero-order chi connectivity index (χ0) is 15.5. The van der Waals surface area contributed by atoms with Crippen LogP contribution in [0.2, 0.25) is 0 Å². The summed E-state index contributed by atoms with van der Waals surface area (Å²) in [6, 6.07) is 17.3. The van der Waals surface area contributed by atoms with Crippen LogP contribution in [-0.2, 0) is 15.0 Å². The summed E-state index contributed by atoms with van der Waals surface area (Å²) in [5.41, 5.74) is 7.59. The summed E-state index contributed by atoms with van der Waals surface area (Å²) in [6.07, 6.45) is 1.06. The highest BCUT2D eigenvalue weighted by molar-refractivity contribution is 7.88. The number of nitrogens with two attached hydrogens (primary N) is 1. The van der Waals surface area contributed by atoms with Crippen LogP contribution in [0, 0.1) is 0 Å². The highest BCUT2D eigenvalue weighted by Gasteiger charge is 2.40. The van der Waals surface area contributed by atoms with E-state index in [0.717, 1.165) is 11.8 Å². The highest BCUT2D eigenvalue weighted by Crippen LogP contribution is 2.37. The number of alkyl halides is 1. The average Bonchev–Trinajstić information content (AvgIpc) is 2.46. The second kappa shape index (κ2) is 6.15. The van der Waals surface area contributed by atoms with E-state index in [4.69, 9.17) is 17.3 Å². The molecule has 21 heavy (non-hydrogen) atoms. The molecule has 2 aromatic rings. The normalized spacial score (nSPS) is 16.1. The number of rotatable bonds is 5. The summed E-state index contributed by atoms with van der Waals surface area (Å²) in [4.78, 5) is -1.45.